The molecule has 2 atom stereocenters. The van der Waals surface area contributed by atoms with E-state index < -0.39 is 0 Å². The van der Waals surface area contributed by atoms with Crippen LogP contribution in [0.15, 0.2) is 0 Å². The zero-order chi connectivity index (χ0) is 13.7. The summed E-state index contributed by atoms with van der Waals surface area (Å²) in [5.41, 5.74) is 0. The van der Waals surface area contributed by atoms with Crippen molar-refractivity contribution in [2.24, 2.45) is 5.92 Å². The molecule has 2 heteroatoms. The van der Waals surface area contributed by atoms with Gasteiger partial charge in [0.05, 0.1) is 0 Å². The third-order valence-corrected chi connectivity index (χ3v) is 5.04. The molecule has 1 saturated heterocycles. The van der Waals surface area contributed by atoms with Crippen LogP contribution in [0.5, 0.6) is 0 Å². The quantitative estimate of drug-likeness (QED) is 0.782. The standard InChI is InChI=1S/C17H34N2/c1-14(2)12-16-13-19(15(3)10-11-18-16)17-8-6-4-5-7-9-17/h14-18H,4-13H2,1-3H3. The summed E-state index contributed by atoms with van der Waals surface area (Å²) in [7, 11) is 0. The molecular formula is C17H34N2. The first-order valence-electron chi connectivity index (χ1n) is 8.66. The maximum atomic E-state index is 3.79. The molecule has 2 fully saturated rings. The summed E-state index contributed by atoms with van der Waals surface area (Å²) in [4.78, 5) is 2.86. The van der Waals surface area contributed by atoms with Gasteiger partial charge in [-0.15, -0.1) is 0 Å². The molecule has 0 aromatic rings. The first-order valence-corrected chi connectivity index (χ1v) is 8.66. The van der Waals surface area contributed by atoms with E-state index in [1.165, 1.54) is 64.5 Å². The average molecular weight is 266 g/mol. The Balaban J connectivity index is 1.97. The van der Waals surface area contributed by atoms with Crippen molar-refractivity contribution in [1.29, 1.82) is 0 Å². The van der Waals surface area contributed by atoms with Crippen molar-refractivity contribution in [3.05, 3.63) is 0 Å². The second kappa shape index (κ2) is 7.64. The minimum absolute atomic E-state index is 0.716. The van der Waals surface area contributed by atoms with Gasteiger partial charge in [-0.3, -0.25) is 4.90 Å². The zero-order valence-corrected chi connectivity index (χ0v) is 13.3. The van der Waals surface area contributed by atoms with Gasteiger partial charge in [0.2, 0.25) is 0 Å². The summed E-state index contributed by atoms with van der Waals surface area (Å²) in [6.45, 7) is 9.65. The van der Waals surface area contributed by atoms with E-state index in [1.807, 2.05) is 0 Å². The second-order valence-corrected chi connectivity index (χ2v) is 7.26. The zero-order valence-electron chi connectivity index (χ0n) is 13.3. The molecule has 1 heterocycles. The highest BCUT2D eigenvalue weighted by Gasteiger charge is 2.29. The lowest BCUT2D eigenvalue weighted by atomic mass is 10.0. The number of nitrogens with zero attached hydrogens (tertiary/aromatic N) is 1. The Morgan fingerprint density at radius 3 is 2.37 bits per heavy atom. The second-order valence-electron chi connectivity index (χ2n) is 7.26. The van der Waals surface area contributed by atoms with Crippen LogP contribution in [0.2, 0.25) is 0 Å². The lowest BCUT2D eigenvalue weighted by Crippen LogP contribution is -2.46. The van der Waals surface area contributed by atoms with E-state index in [4.69, 9.17) is 0 Å². The van der Waals surface area contributed by atoms with Crippen LogP contribution in [-0.2, 0) is 0 Å². The molecule has 1 aliphatic carbocycles. The highest BCUT2D eigenvalue weighted by Crippen LogP contribution is 2.26. The normalized spacial score (nSPS) is 32.2. The Morgan fingerprint density at radius 1 is 1.05 bits per heavy atom. The summed E-state index contributed by atoms with van der Waals surface area (Å²) in [6.07, 6.45) is 11.4. The van der Waals surface area contributed by atoms with Crippen LogP contribution in [0.3, 0.4) is 0 Å². The van der Waals surface area contributed by atoms with E-state index in [2.05, 4.69) is 31.0 Å². The van der Waals surface area contributed by atoms with Gasteiger partial charge in [0, 0.05) is 24.7 Å². The summed E-state index contributed by atoms with van der Waals surface area (Å²) >= 11 is 0. The van der Waals surface area contributed by atoms with E-state index in [1.54, 1.807) is 0 Å². The molecule has 0 spiro atoms. The van der Waals surface area contributed by atoms with Gasteiger partial charge in [-0.1, -0.05) is 39.5 Å². The Morgan fingerprint density at radius 2 is 1.74 bits per heavy atom. The van der Waals surface area contributed by atoms with Crippen LogP contribution in [-0.4, -0.2) is 36.1 Å². The Bertz CT molecular complexity index is 244. The molecule has 2 nitrogen and oxygen atoms in total. The van der Waals surface area contributed by atoms with E-state index in [0.717, 1.165) is 18.0 Å². The lowest BCUT2D eigenvalue weighted by Gasteiger charge is -2.36. The van der Waals surface area contributed by atoms with Gasteiger partial charge in [-0.25, -0.2) is 0 Å². The summed E-state index contributed by atoms with van der Waals surface area (Å²) in [5, 5.41) is 3.79. The SMILES string of the molecule is CC(C)CC1CN(C2CCCCCC2)C(C)CCN1. The molecule has 0 amide bonds. The van der Waals surface area contributed by atoms with Crippen LogP contribution in [0.25, 0.3) is 0 Å². The molecule has 1 N–H and O–H groups in total. The van der Waals surface area contributed by atoms with Gasteiger partial charge in [0.25, 0.3) is 0 Å². The Labute approximate surface area is 120 Å². The van der Waals surface area contributed by atoms with E-state index in [9.17, 15) is 0 Å². The van der Waals surface area contributed by atoms with Crippen LogP contribution in [0.1, 0.15) is 72.1 Å². The van der Waals surface area contributed by atoms with Gasteiger partial charge >= 0.3 is 0 Å². The van der Waals surface area contributed by atoms with Gasteiger partial charge in [0.15, 0.2) is 0 Å². The van der Waals surface area contributed by atoms with Crippen molar-refractivity contribution in [2.75, 3.05) is 13.1 Å². The number of hydrogen-bond donors (Lipinski definition) is 1. The van der Waals surface area contributed by atoms with Crippen molar-refractivity contribution in [1.82, 2.24) is 10.2 Å². The van der Waals surface area contributed by atoms with Gasteiger partial charge < -0.3 is 5.32 Å². The highest BCUT2D eigenvalue weighted by atomic mass is 15.2. The maximum absolute atomic E-state index is 3.79. The number of rotatable bonds is 3. The van der Waals surface area contributed by atoms with Crippen molar-refractivity contribution in [3.8, 4) is 0 Å². The molecule has 0 aromatic carbocycles. The molecule has 0 radical (unpaired) electrons. The van der Waals surface area contributed by atoms with E-state index in [-0.39, 0.29) is 0 Å². The summed E-state index contributed by atoms with van der Waals surface area (Å²) < 4.78 is 0. The number of hydrogen-bond acceptors (Lipinski definition) is 2. The highest BCUT2D eigenvalue weighted by molar-refractivity contribution is 4.86. The minimum Gasteiger partial charge on any atom is -0.313 e. The van der Waals surface area contributed by atoms with Crippen LogP contribution >= 0.6 is 0 Å². The molecular weight excluding hydrogens is 232 g/mol. The summed E-state index contributed by atoms with van der Waals surface area (Å²) in [5.74, 6) is 0.807. The predicted octanol–water partition coefficient (Wildman–Crippen LogP) is 3.81. The van der Waals surface area contributed by atoms with Crippen molar-refractivity contribution in [3.63, 3.8) is 0 Å². The smallest absolute Gasteiger partial charge is 0.0197 e. The van der Waals surface area contributed by atoms with Crippen LogP contribution in [0.4, 0.5) is 0 Å². The summed E-state index contributed by atoms with van der Waals surface area (Å²) in [6, 6.07) is 2.35. The molecule has 2 aliphatic rings. The fraction of sp³-hybridized carbons (Fsp3) is 1.00. The fourth-order valence-electron chi connectivity index (χ4n) is 3.99. The van der Waals surface area contributed by atoms with Crippen molar-refractivity contribution >= 4 is 0 Å². The molecule has 112 valence electrons. The topological polar surface area (TPSA) is 15.3 Å². The van der Waals surface area contributed by atoms with Gasteiger partial charge in [0.1, 0.15) is 0 Å². The minimum atomic E-state index is 0.716. The Hall–Kier alpha value is -0.0800. The first-order chi connectivity index (χ1) is 9.16. The largest absolute Gasteiger partial charge is 0.313 e. The van der Waals surface area contributed by atoms with Crippen molar-refractivity contribution < 1.29 is 0 Å². The van der Waals surface area contributed by atoms with E-state index >= 15 is 0 Å². The predicted molar refractivity (Wildman–Crippen MR) is 83.5 cm³/mol. The first kappa shape index (κ1) is 15.3. The van der Waals surface area contributed by atoms with Gasteiger partial charge in [-0.2, -0.15) is 0 Å². The third kappa shape index (κ3) is 4.75. The van der Waals surface area contributed by atoms with Crippen LogP contribution in [0, 0.1) is 5.92 Å². The molecule has 0 aromatic heterocycles. The molecule has 0 bridgehead atoms. The van der Waals surface area contributed by atoms with Gasteiger partial charge in [-0.05, 0) is 45.1 Å². The van der Waals surface area contributed by atoms with Crippen LogP contribution < -0.4 is 5.32 Å². The van der Waals surface area contributed by atoms with Crippen molar-refractivity contribution in [2.45, 2.75) is 90.3 Å². The third-order valence-electron chi connectivity index (χ3n) is 5.04. The van der Waals surface area contributed by atoms with E-state index in [0.29, 0.717) is 6.04 Å². The fourth-order valence-corrected chi connectivity index (χ4v) is 3.99. The molecule has 1 aliphatic heterocycles. The Kier molecular flexibility index (Phi) is 6.15. The molecule has 19 heavy (non-hydrogen) atoms. The molecule has 1 saturated carbocycles. The molecule has 2 rings (SSSR count). The molecule has 2 unspecified atom stereocenters. The maximum Gasteiger partial charge on any atom is 0.0197 e. The average Bonchev–Trinajstić information content (AvgIpc) is 2.70. The monoisotopic (exact) mass is 266 g/mol. The number of nitrogens with one attached hydrogen (secondary N) is 1. The lowest BCUT2D eigenvalue weighted by molar-refractivity contribution is 0.123.